The zero-order chi connectivity index (χ0) is 25.2. The van der Waals surface area contributed by atoms with Gasteiger partial charge in [-0.3, -0.25) is 4.79 Å². The van der Waals surface area contributed by atoms with E-state index >= 15 is 0 Å². The van der Waals surface area contributed by atoms with Crippen molar-refractivity contribution in [3.05, 3.63) is 126 Å². The van der Waals surface area contributed by atoms with E-state index in [1.165, 1.54) is 30.7 Å². The molecule has 0 atom stereocenters. The molecule has 0 aliphatic rings. The number of para-hydroxylation sites is 2. The number of carbonyl (C=O) groups excluding carboxylic acids is 3. The maximum Gasteiger partial charge on any atom is 0.343 e. The number of ether oxygens (including phenoxy) is 2. The molecule has 0 unspecified atom stereocenters. The van der Waals surface area contributed by atoms with Crippen molar-refractivity contribution in [2.45, 2.75) is 0 Å². The van der Waals surface area contributed by atoms with Gasteiger partial charge in [-0.2, -0.15) is 5.10 Å². The van der Waals surface area contributed by atoms with Crippen molar-refractivity contribution in [2.24, 2.45) is 5.10 Å². The number of nitrogens with zero attached hydrogens (tertiary/aromatic N) is 1. The SMILES string of the molecule is O=C(/C=C/c1ccccc1OC(=O)c1ccccc1)Oc1ccccc1/C=N/NC(=O)c1ccco1. The first-order valence-corrected chi connectivity index (χ1v) is 10.8. The summed E-state index contributed by atoms with van der Waals surface area (Å²) in [7, 11) is 0. The molecule has 0 saturated heterocycles. The maximum absolute atomic E-state index is 12.5. The lowest BCUT2D eigenvalue weighted by atomic mass is 10.2. The Kier molecular flexibility index (Phi) is 7.81. The van der Waals surface area contributed by atoms with Crippen molar-refractivity contribution in [2.75, 3.05) is 0 Å². The van der Waals surface area contributed by atoms with Crippen LogP contribution >= 0.6 is 0 Å². The number of rotatable bonds is 8. The van der Waals surface area contributed by atoms with Gasteiger partial charge >= 0.3 is 17.8 Å². The number of nitrogens with one attached hydrogen (secondary N) is 1. The second-order valence-electron chi connectivity index (χ2n) is 7.26. The highest BCUT2D eigenvalue weighted by molar-refractivity contribution is 5.94. The highest BCUT2D eigenvalue weighted by Crippen LogP contribution is 2.22. The van der Waals surface area contributed by atoms with Crippen molar-refractivity contribution in [3.8, 4) is 11.5 Å². The van der Waals surface area contributed by atoms with Crippen LogP contribution in [0.25, 0.3) is 6.08 Å². The fourth-order valence-electron chi connectivity index (χ4n) is 3.05. The van der Waals surface area contributed by atoms with Crippen LogP contribution in [0.5, 0.6) is 11.5 Å². The van der Waals surface area contributed by atoms with E-state index in [2.05, 4.69) is 10.5 Å². The Hall–Kier alpha value is -5.24. The van der Waals surface area contributed by atoms with E-state index in [-0.39, 0.29) is 11.5 Å². The third kappa shape index (κ3) is 6.42. The summed E-state index contributed by atoms with van der Waals surface area (Å²) >= 11 is 0. The number of hydrogen-bond donors (Lipinski definition) is 1. The van der Waals surface area contributed by atoms with Crippen molar-refractivity contribution in [1.82, 2.24) is 5.43 Å². The van der Waals surface area contributed by atoms with E-state index in [1.807, 2.05) is 0 Å². The topological polar surface area (TPSA) is 107 Å². The van der Waals surface area contributed by atoms with Gasteiger partial charge in [-0.05, 0) is 48.5 Å². The summed E-state index contributed by atoms with van der Waals surface area (Å²) in [5.41, 5.74) is 3.74. The Bertz CT molecular complexity index is 1410. The predicted molar refractivity (Wildman–Crippen MR) is 133 cm³/mol. The third-order valence-corrected chi connectivity index (χ3v) is 4.77. The van der Waals surface area contributed by atoms with E-state index < -0.39 is 17.8 Å². The first-order valence-electron chi connectivity index (χ1n) is 10.8. The smallest absolute Gasteiger partial charge is 0.343 e. The Morgan fingerprint density at radius 2 is 1.42 bits per heavy atom. The maximum atomic E-state index is 12.5. The summed E-state index contributed by atoms with van der Waals surface area (Å²) in [6.07, 6.45) is 5.45. The van der Waals surface area contributed by atoms with Crippen LogP contribution in [0.1, 0.15) is 32.0 Å². The summed E-state index contributed by atoms with van der Waals surface area (Å²) in [5, 5.41) is 3.88. The molecule has 0 saturated carbocycles. The number of carbonyl (C=O) groups is 3. The molecule has 0 fully saturated rings. The van der Waals surface area contributed by atoms with Gasteiger partial charge in [-0.1, -0.05) is 48.5 Å². The van der Waals surface area contributed by atoms with Crippen LogP contribution in [-0.2, 0) is 4.79 Å². The Morgan fingerprint density at radius 3 is 2.14 bits per heavy atom. The fraction of sp³-hybridized carbons (Fsp3) is 0. The number of furan rings is 1. The number of benzene rings is 3. The van der Waals surface area contributed by atoms with Crippen LogP contribution in [0.3, 0.4) is 0 Å². The van der Waals surface area contributed by atoms with Gasteiger partial charge in [0.05, 0.1) is 18.0 Å². The van der Waals surface area contributed by atoms with Crippen LogP contribution in [0.4, 0.5) is 0 Å². The van der Waals surface area contributed by atoms with Crippen molar-refractivity contribution < 1.29 is 28.3 Å². The van der Waals surface area contributed by atoms with Crippen LogP contribution in [0.15, 0.2) is 113 Å². The molecular formula is C28H20N2O6. The molecule has 0 aliphatic carbocycles. The molecule has 0 aliphatic heterocycles. The monoisotopic (exact) mass is 480 g/mol. The Balaban J connectivity index is 1.41. The van der Waals surface area contributed by atoms with Crippen molar-refractivity contribution in [3.63, 3.8) is 0 Å². The lowest BCUT2D eigenvalue weighted by Gasteiger charge is -2.08. The number of esters is 2. The predicted octanol–water partition coefficient (Wildman–Crippen LogP) is 4.88. The second-order valence-corrected chi connectivity index (χ2v) is 7.26. The summed E-state index contributed by atoms with van der Waals surface area (Å²) in [6.45, 7) is 0. The van der Waals surface area contributed by atoms with Gasteiger partial charge in [-0.15, -0.1) is 0 Å². The van der Waals surface area contributed by atoms with E-state index in [0.717, 1.165) is 0 Å². The molecule has 0 spiro atoms. The number of amides is 1. The standard InChI is InChI=1S/C28H20N2O6/c31-26(17-16-20-9-4-6-13-23(20)36-28(33)21-10-2-1-3-11-21)35-24-14-7-5-12-22(24)19-29-30-27(32)25-15-8-18-34-25/h1-19H,(H,30,32)/b17-16+,29-19+. The average molecular weight is 480 g/mol. The quantitative estimate of drug-likeness (QED) is 0.127. The van der Waals surface area contributed by atoms with E-state index in [9.17, 15) is 14.4 Å². The van der Waals surface area contributed by atoms with Gasteiger partial charge in [0.25, 0.3) is 0 Å². The van der Waals surface area contributed by atoms with Crippen LogP contribution in [0.2, 0.25) is 0 Å². The third-order valence-electron chi connectivity index (χ3n) is 4.77. The summed E-state index contributed by atoms with van der Waals surface area (Å²) in [6, 6.07) is 25.2. The normalized spacial score (nSPS) is 10.9. The number of hydrazone groups is 1. The van der Waals surface area contributed by atoms with E-state index in [1.54, 1.807) is 84.9 Å². The molecule has 4 rings (SSSR count). The van der Waals surface area contributed by atoms with Gasteiger partial charge in [0.1, 0.15) is 11.5 Å². The first kappa shape index (κ1) is 23.9. The van der Waals surface area contributed by atoms with Gasteiger partial charge in [0.2, 0.25) is 0 Å². The molecule has 4 aromatic rings. The average Bonchev–Trinajstić information content (AvgIpc) is 3.45. The molecule has 1 heterocycles. The molecule has 36 heavy (non-hydrogen) atoms. The van der Waals surface area contributed by atoms with E-state index in [0.29, 0.717) is 22.4 Å². The molecule has 178 valence electrons. The molecule has 1 amide bonds. The zero-order valence-electron chi connectivity index (χ0n) is 18.9. The number of hydrogen-bond acceptors (Lipinski definition) is 7. The molecule has 0 bridgehead atoms. The highest BCUT2D eigenvalue weighted by Gasteiger charge is 2.11. The van der Waals surface area contributed by atoms with Gasteiger partial charge in [0.15, 0.2) is 5.76 Å². The Labute approximate surface area is 206 Å². The summed E-state index contributed by atoms with van der Waals surface area (Å²) < 4.78 is 15.9. The fourth-order valence-corrected chi connectivity index (χ4v) is 3.05. The van der Waals surface area contributed by atoms with Crippen molar-refractivity contribution in [1.29, 1.82) is 0 Å². The van der Waals surface area contributed by atoms with Crippen LogP contribution < -0.4 is 14.9 Å². The minimum absolute atomic E-state index is 0.117. The molecule has 1 N–H and O–H groups in total. The molecule has 8 heteroatoms. The summed E-state index contributed by atoms with van der Waals surface area (Å²) in [5.74, 6) is -1.01. The molecule has 8 nitrogen and oxygen atoms in total. The molecule has 1 aromatic heterocycles. The van der Waals surface area contributed by atoms with Crippen molar-refractivity contribution >= 4 is 30.1 Å². The lowest BCUT2D eigenvalue weighted by molar-refractivity contribution is -0.128. The molecule has 3 aromatic carbocycles. The first-order chi connectivity index (χ1) is 17.6. The molecular weight excluding hydrogens is 460 g/mol. The molecule has 0 radical (unpaired) electrons. The van der Waals surface area contributed by atoms with Gasteiger partial charge < -0.3 is 13.9 Å². The lowest BCUT2D eigenvalue weighted by Crippen LogP contribution is -2.16. The van der Waals surface area contributed by atoms with Gasteiger partial charge in [-0.25, -0.2) is 15.0 Å². The summed E-state index contributed by atoms with van der Waals surface area (Å²) in [4.78, 5) is 36.8. The minimum Gasteiger partial charge on any atom is -0.459 e. The zero-order valence-corrected chi connectivity index (χ0v) is 18.9. The van der Waals surface area contributed by atoms with E-state index in [4.69, 9.17) is 13.9 Å². The highest BCUT2D eigenvalue weighted by atomic mass is 16.5. The minimum atomic E-state index is -0.653. The van der Waals surface area contributed by atoms with Gasteiger partial charge in [0, 0.05) is 17.2 Å². The largest absolute Gasteiger partial charge is 0.459 e. The van der Waals surface area contributed by atoms with Crippen LogP contribution in [-0.4, -0.2) is 24.1 Å². The second kappa shape index (κ2) is 11.8. The van der Waals surface area contributed by atoms with Crippen LogP contribution in [0, 0.1) is 0 Å². The Morgan fingerprint density at radius 1 is 0.750 bits per heavy atom.